The lowest BCUT2D eigenvalue weighted by atomic mass is 10.3. The second kappa shape index (κ2) is 9.73. The van der Waals surface area contributed by atoms with Gasteiger partial charge in [-0.25, -0.2) is 8.42 Å². The van der Waals surface area contributed by atoms with Gasteiger partial charge in [0.05, 0.1) is 9.79 Å². The Morgan fingerprint density at radius 2 is 1.07 bits per heavy atom. The topological polar surface area (TPSA) is 93.1 Å². The lowest BCUT2D eigenvalue weighted by Gasteiger charge is -2.14. The normalized spacial score (nSPS) is 13.8. The molecule has 0 aliphatic heterocycles. The highest BCUT2D eigenvalue weighted by Gasteiger charge is 2.18. The molecule has 2 rings (SSSR count). The van der Waals surface area contributed by atoms with E-state index in [0.717, 1.165) is 12.8 Å². The summed E-state index contributed by atoms with van der Waals surface area (Å²) in [4.78, 5) is 0.249. The number of sulfone groups is 1. The molecule has 7 heteroatoms. The van der Waals surface area contributed by atoms with Crippen molar-refractivity contribution in [3.63, 3.8) is 0 Å². The predicted molar refractivity (Wildman–Crippen MR) is 101 cm³/mol. The molecule has 2 unspecified atom stereocenters. The van der Waals surface area contributed by atoms with Crippen molar-refractivity contribution in [1.82, 2.24) is 0 Å². The molecule has 6 nitrogen and oxygen atoms in total. The van der Waals surface area contributed by atoms with Crippen LogP contribution in [-0.2, 0) is 9.84 Å². The van der Waals surface area contributed by atoms with E-state index < -0.39 is 22.4 Å². The van der Waals surface area contributed by atoms with Crippen LogP contribution in [0.5, 0.6) is 11.5 Å². The Morgan fingerprint density at radius 3 is 1.37 bits per heavy atom. The van der Waals surface area contributed by atoms with Gasteiger partial charge in [-0.3, -0.25) is 0 Å². The van der Waals surface area contributed by atoms with E-state index in [1.54, 1.807) is 0 Å². The fraction of sp³-hybridized carbons (Fsp3) is 0.400. The number of aliphatic hydroxyl groups is 2. The van der Waals surface area contributed by atoms with Gasteiger partial charge in [-0.2, -0.15) is 0 Å². The monoisotopic (exact) mass is 394 g/mol. The van der Waals surface area contributed by atoms with Gasteiger partial charge in [-0.05, 0) is 48.5 Å². The first-order valence-electron chi connectivity index (χ1n) is 9.01. The largest absolute Gasteiger partial charge is 0.465 e. The maximum absolute atomic E-state index is 12.7. The maximum Gasteiger partial charge on any atom is 0.206 e. The molecule has 0 fully saturated rings. The van der Waals surface area contributed by atoms with Crippen molar-refractivity contribution in [2.24, 2.45) is 0 Å². The van der Waals surface area contributed by atoms with Crippen LogP contribution in [0.1, 0.15) is 39.5 Å². The third-order valence-electron chi connectivity index (χ3n) is 3.88. The van der Waals surface area contributed by atoms with Crippen LogP contribution in [0.4, 0.5) is 0 Å². The molecular weight excluding hydrogens is 368 g/mol. The maximum atomic E-state index is 12.7. The van der Waals surface area contributed by atoms with Crippen LogP contribution in [0.15, 0.2) is 58.3 Å². The Labute approximate surface area is 160 Å². The van der Waals surface area contributed by atoms with E-state index in [0.29, 0.717) is 24.3 Å². The summed E-state index contributed by atoms with van der Waals surface area (Å²) in [6.45, 7) is 3.87. The van der Waals surface area contributed by atoms with Crippen molar-refractivity contribution in [2.45, 2.75) is 61.9 Å². The first-order chi connectivity index (χ1) is 12.9. The Kier molecular flexibility index (Phi) is 7.65. The molecule has 0 amide bonds. The number of hydrogen-bond donors (Lipinski definition) is 2. The summed E-state index contributed by atoms with van der Waals surface area (Å²) in [5, 5.41) is 19.3. The van der Waals surface area contributed by atoms with Crippen molar-refractivity contribution in [2.75, 3.05) is 0 Å². The summed E-state index contributed by atoms with van der Waals surface area (Å²) < 4.78 is 36.1. The molecule has 0 saturated heterocycles. The summed E-state index contributed by atoms with van der Waals surface area (Å²) in [6.07, 6.45) is 0.746. The summed E-state index contributed by atoms with van der Waals surface area (Å²) in [6, 6.07) is 11.8. The third-order valence-corrected chi connectivity index (χ3v) is 5.67. The lowest BCUT2D eigenvalue weighted by Crippen LogP contribution is -2.15. The van der Waals surface area contributed by atoms with E-state index in [2.05, 4.69) is 0 Å². The fourth-order valence-corrected chi connectivity index (χ4v) is 3.72. The van der Waals surface area contributed by atoms with Gasteiger partial charge >= 0.3 is 0 Å². The summed E-state index contributed by atoms with van der Waals surface area (Å²) in [7, 11) is -3.69. The predicted octanol–water partition coefficient (Wildman–Crippen LogP) is 3.51. The first-order valence-corrected chi connectivity index (χ1v) is 10.5. The summed E-state index contributed by atoms with van der Waals surface area (Å²) in [5.74, 6) is 0.812. The van der Waals surface area contributed by atoms with Gasteiger partial charge < -0.3 is 19.7 Å². The van der Waals surface area contributed by atoms with Gasteiger partial charge in [-0.15, -0.1) is 0 Å². The van der Waals surface area contributed by atoms with Crippen LogP contribution >= 0.6 is 0 Å². The zero-order valence-corrected chi connectivity index (χ0v) is 16.4. The number of ether oxygens (including phenoxy) is 2. The van der Waals surface area contributed by atoms with Gasteiger partial charge in [0.15, 0.2) is 12.6 Å². The van der Waals surface area contributed by atoms with E-state index >= 15 is 0 Å². The summed E-state index contributed by atoms with van der Waals surface area (Å²) in [5.41, 5.74) is 0. The molecule has 0 spiro atoms. The molecule has 0 radical (unpaired) electrons. The molecule has 0 bridgehead atoms. The zero-order chi connectivity index (χ0) is 19.9. The molecule has 2 atom stereocenters. The Bertz CT molecular complexity index is 736. The second-order valence-corrected chi connectivity index (χ2v) is 8.12. The van der Waals surface area contributed by atoms with Crippen molar-refractivity contribution in [3.05, 3.63) is 48.5 Å². The average Bonchev–Trinajstić information content (AvgIpc) is 2.63. The standard InChI is InChI=1S/C20H26O6S/c1-3-5-19(21)25-15-7-11-17(12-8-15)27(23,24)18-13-9-16(10-14-18)26-20(22)6-4-2/h7-14,19-22H,3-6H2,1-2H3. The second-order valence-electron chi connectivity index (χ2n) is 6.17. The number of benzene rings is 2. The minimum absolute atomic E-state index is 0.125. The van der Waals surface area contributed by atoms with Crippen LogP contribution < -0.4 is 9.47 Å². The van der Waals surface area contributed by atoms with Crippen LogP contribution in [0.2, 0.25) is 0 Å². The van der Waals surface area contributed by atoms with E-state index in [1.807, 2.05) is 13.8 Å². The van der Waals surface area contributed by atoms with Gasteiger partial charge in [-0.1, -0.05) is 26.7 Å². The number of aliphatic hydroxyl groups excluding tert-OH is 2. The molecule has 0 aliphatic rings. The van der Waals surface area contributed by atoms with E-state index in [4.69, 9.17) is 9.47 Å². The molecule has 2 aromatic carbocycles. The number of rotatable bonds is 10. The van der Waals surface area contributed by atoms with Crippen LogP contribution in [0.3, 0.4) is 0 Å². The van der Waals surface area contributed by atoms with Crippen molar-refractivity contribution < 1.29 is 28.1 Å². The molecule has 0 saturated carbocycles. The van der Waals surface area contributed by atoms with E-state index in [1.165, 1.54) is 48.5 Å². The van der Waals surface area contributed by atoms with Crippen LogP contribution in [0, 0.1) is 0 Å². The fourth-order valence-electron chi connectivity index (χ4n) is 2.46. The lowest BCUT2D eigenvalue weighted by molar-refractivity contribution is -0.0238. The SMILES string of the molecule is CCCC(O)Oc1ccc(S(=O)(=O)c2ccc(OC(O)CCC)cc2)cc1. The molecule has 2 N–H and O–H groups in total. The molecule has 0 aliphatic carbocycles. The highest BCUT2D eigenvalue weighted by atomic mass is 32.2. The molecule has 2 aromatic rings. The highest BCUT2D eigenvalue weighted by molar-refractivity contribution is 7.91. The third kappa shape index (κ3) is 5.95. The highest BCUT2D eigenvalue weighted by Crippen LogP contribution is 2.25. The van der Waals surface area contributed by atoms with Crippen LogP contribution in [-0.4, -0.2) is 31.2 Å². The van der Waals surface area contributed by atoms with Crippen molar-refractivity contribution in [1.29, 1.82) is 0 Å². The Balaban J connectivity index is 2.11. The first kappa shape index (κ1) is 21.2. The van der Waals surface area contributed by atoms with Gasteiger partial charge in [0.25, 0.3) is 0 Å². The van der Waals surface area contributed by atoms with Gasteiger partial charge in [0.2, 0.25) is 9.84 Å². The zero-order valence-electron chi connectivity index (χ0n) is 15.5. The minimum atomic E-state index is -3.69. The van der Waals surface area contributed by atoms with Crippen LogP contribution in [0.25, 0.3) is 0 Å². The quantitative estimate of drug-likeness (QED) is 0.599. The molecule has 0 heterocycles. The van der Waals surface area contributed by atoms with Crippen molar-refractivity contribution in [3.8, 4) is 11.5 Å². The van der Waals surface area contributed by atoms with Crippen molar-refractivity contribution >= 4 is 9.84 Å². The number of hydrogen-bond acceptors (Lipinski definition) is 6. The Morgan fingerprint density at radius 1 is 0.741 bits per heavy atom. The van der Waals surface area contributed by atoms with Gasteiger partial charge in [0.1, 0.15) is 11.5 Å². The average molecular weight is 394 g/mol. The summed E-state index contributed by atoms with van der Waals surface area (Å²) >= 11 is 0. The molecular formula is C20H26O6S. The molecule has 27 heavy (non-hydrogen) atoms. The van der Waals surface area contributed by atoms with E-state index in [-0.39, 0.29) is 9.79 Å². The molecule has 148 valence electrons. The Hall–Kier alpha value is -2.09. The van der Waals surface area contributed by atoms with E-state index in [9.17, 15) is 18.6 Å². The molecule has 0 aromatic heterocycles. The minimum Gasteiger partial charge on any atom is -0.465 e. The van der Waals surface area contributed by atoms with Gasteiger partial charge in [0, 0.05) is 12.8 Å². The smallest absolute Gasteiger partial charge is 0.206 e.